The zero-order valence-corrected chi connectivity index (χ0v) is 19.9. The van der Waals surface area contributed by atoms with Gasteiger partial charge >= 0.3 is 0 Å². The first kappa shape index (κ1) is 22.1. The van der Waals surface area contributed by atoms with Gasteiger partial charge in [-0.25, -0.2) is 15.0 Å². The van der Waals surface area contributed by atoms with Gasteiger partial charge in [0, 0.05) is 30.2 Å². The molecule has 172 valence electrons. The first-order valence-corrected chi connectivity index (χ1v) is 12.0. The Labute approximate surface area is 201 Å². The van der Waals surface area contributed by atoms with Crippen LogP contribution in [0.2, 0.25) is 5.02 Å². The molecule has 1 aliphatic carbocycles. The lowest BCUT2D eigenvalue weighted by Gasteiger charge is -2.42. The van der Waals surface area contributed by atoms with Crippen LogP contribution in [0.3, 0.4) is 0 Å². The van der Waals surface area contributed by atoms with Crippen molar-refractivity contribution in [1.82, 2.24) is 15.0 Å². The Hall–Kier alpha value is -2.75. The topological polar surface area (TPSA) is 129 Å². The van der Waals surface area contributed by atoms with E-state index in [2.05, 4.69) is 32.0 Å². The van der Waals surface area contributed by atoms with Crippen molar-refractivity contribution in [3.8, 4) is 5.75 Å². The third-order valence-corrected chi connectivity index (χ3v) is 8.39. The van der Waals surface area contributed by atoms with Crippen molar-refractivity contribution in [2.45, 2.75) is 35.2 Å². The number of benzene rings is 1. The van der Waals surface area contributed by atoms with Gasteiger partial charge in [-0.3, -0.25) is 0 Å². The standard InChI is InChI=1S/C23H26ClN7OS/c1-32-14-3-2-13-11-23(19(25)15(13)10-14)5-8-31(9-6-23)17-12-29-22(21(27)30-17)33-16-4-7-28-20(26)18(16)24/h2-4,7,10,12,19H,5-6,8-9,11,25H2,1H3,(H2,26,28)(H2,27,30). The number of ether oxygens (including phenoxy) is 1. The number of rotatable bonds is 4. The van der Waals surface area contributed by atoms with Crippen molar-refractivity contribution < 1.29 is 4.74 Å². The predicted octanol–water partition coefficient (Wildman–Crippen LogP) is 3.69. The van der Waals surface area contributed by atoms with Crippen LogP contribution in [0, 0.1) is 5.41 Å². The number of piperidine rings is 1. The summed E-state index contributed by atoms with van der Waals surface area (Å²) >= 11 is 7.57. The zero-order chi connectivity index (χ0) is 23.2. The molecule has 1 atom stereocenters. The summed E-state index contributed by atoms with van der Waals surface area (Å²) in [6, 6.07) is 8.05. The minimum Gasteiger partial charge on any atom is -0.497 e. The Morgan fingerprint density at radius 3 is 2.67 bits per heavy atom. The van der Waals surface area contributed by atoms with Crippen molar-refractivity contribution in [2.24, 2.45) is 11.1 Å². The maximum atomic E-state index is 6.75. The van der Waals surface area contributed by atoms with E-state index in [0.29, 0.717) is 15.9 Å². The van der Waals surface area contributed by atoms with Gasteiger partial charge in [0.05, 0.1) is 18.3 Å². The zero-order valence-electron chi connectivity index (χ0n) is 18.3. The molecule has 10 heteroatoms. The lowest BCUT2D eigenvalue weighted by molar-refractivity contribution is 0.187. The van der Waals surface area contributed by atoms with Gasteiger partial charge in [0.15, 0.2) is 5.82 Å². The van der Waals surface area contributed by atoms with Crippen LogP contribution in [0.1, 0.15) is 30.0 Å². The minimum atomic E-state index is 0.0113. The number of hydrogen-bond donors (Lipinski definition) is 3. The number of nitrogens with two attached hydrogens (primary N) is 3. The SMILES string of the molecule is COc1ccc2c(c1)C(N)C1(CCN(c3cnc(Sc4ccnc(N)c4Cl)c(N)n3)CC1)C2. The van der Waals surface area contributed by atoms with Gasteiger partial charge in [-0.15, -0.1) is 0 Å². The summed E-state index contributed by atoms with van der Waals surface area (Å²) in [5, 5.41) is 0.975. The second kappa shape index (κ2) is 8.55. The molecule has 1 unspecified atom stereocenters. The number of pyridine rings is 1. The summed E-state index contributed by atoms with van der Waals surface area (Å²) in [6.07, 6.45) is 6.33. The van der Waals surface area contributed by atoms with E-state index >= 15 is 0 Å². The van der Waals surface area contributed by atoms with Crippen LogP contribution in [-0.2, 0) is 6.42 Å². The van der Waals surface area contributed by atoms with Crippen molar-refractivity contribution in [3.63, 3.8) is 0 Å². The summed E-state index contributed by atoms with van der Waals surface area (Å²) in [6.45, 7) is 1.71. The van der Waals surface area contributed by atoms with Crippen LogP contribution in [-0.4, -0.2) is 35.2 Å². The fourth-order valence-corrected chi connectivity index (χ4v) is 5.89. The third kappa shape index (κ3) is 3.94. The molecule has 0 saturated carbocycles. The van der Waals surface area contributed by atoms with Gasteiger partial charge in [-0.2, -0.15) is 0 Å². The number of methoxy groups -OCH3 is 1. The fourth-order valence-electron chi connectivity index (χ4n) is 4.88. The van der Waals surface area contributed by atoms with Crippen molar-refractivity contribution in [3.05, 3.63) is 52.8 Å². The fraction of sp³-hybridized carbons (Fsp3) is 0.348. The number of nitrogen functional groups attached to an aromatic ring is 2. The molecule has 1 spiro atoms. The Morgan fingerprint density at radius 2 is 1.94 bits per heavy atom. The van der Waals surface area contributed by atoms with Crippen molar-refractivity contribution in [1.29, 1.82) is 0 Å². The molecule has 3 heterocycles. The number of hydrogen-bond acceptors (Lipinski definition) is 9. The highest BCUT2D eigenvalue weighted by atomic mass is 35.5. The molecule has 8 nitrogen and oxygen atoms in total. The van der Waals surface area contributed by atoms with E-state index in [1.807, 2.05) is 6.07 Å². The molecule has 1 fully saturated rings. The van der Waals surface area contributed by atoms with Crippen molar-refractivity contribution >= 4 is 40.8 Å². The quantitative estimate of drug-likeness (QED) is 0.508. The highest BCUT2D eigenvalue weighted by Crippen LogP contribution is 2.51. The molecule has 33 heavy (non-hydrogen) atoms. The van der Waals surface area contributed by atoms with Crippen LogP contribution in [0.5, 0.6) is 5.75 Å². The molecular weight excluding hydrogens is 458 g/mol. The van der Waals surface area contributed by atoms with E-state index in [4.69, 9.17) is 33.5 Å². The largest absolute Gasteiger partial charge is 0.497 e. The number of anilines is 3. The van der Waals surface area contributed by atoms with E-state index in [0.717, 1.165) is 48.8 Å². The summed E-state index contributed by atoms with van der Waals surface area (Å²) in [5.41, 5.74) is 21.4. The number of halogens is 1. The second-order valence-corrected chi connectivity index (χ2v) is 10.0. The van der Waals surface area contributed by atoms with Gasteiger partial charge in [0.1, 0.15) is 22.4 Å². The smallest absolute Gasteiger partial charge is 0.158 e. The molecule has 1 aliphatic heterocycles. The first-order chi connectivity index (χ1) is 15.9. The van der Waals surface area contributed by atoms with E-state index in [1.165, 1.54) is 22.9 Å². The van der Waals surface area contributed by atoms with Crippen LogP contribution >= 0.6 is 23.4 Å². The normalized spacial score (nSPS) is 19.0. The van der Waals surface area contributed by atoms with Gasteiger partial charge < -0.3 is 26.8 Å². The van der Waals surface area contributed by atoms with E-state index in [9.17, 15) is 0 Å². The van der Waals surface area contributed by atoms with Gasteiger partial charge in [0.2, 0.25) is 0 Å². The van der Waals surface area contributed by atoms with Gasteiger partial charge in [-0.05, 0) is 54.0 Å². The van der Waals surface area contributed by atoms with Gasteiger partial charge in [-0.1, -0.05) is 29.4 Å². The van der Waals surface area contributed by atoms with Crippen LogP contribution < -0.4 is 26.8 Å². The summed E-state index contributed by atoms with van der Waals surface area (Å²) < 4.78 is 5.40. The molecule has 0 amide bonds. The lowest BCUT2D eigenvalue weighted by atomic mass is 9.73. The summed E-state index contributed by atoms with van der Waals surface area (Å²) in [5.74, 6) is 2.27. The Morgan fingerprint density at radius 1 is 1.15 bits per heavy atom. The van der Waals surface area contributed by atoms with Crippen LogP contribution in [0.25, 0.3) is 0 Å². The maximum absolute atomic E-state index is 6.75. The average molecular weight is 484 g/mol. The maximum Gasteiger partial charge on any atom is 0.158 e. The second-order valence-electron chi connectivity index (χ2n) is 8.60. The first-order valence-electron chi connectivity index (χ1n) is 10.8. The molecule has 2 aromatic heterocycles. The van der Waals surface area contributed by atoms with Gasteiger partial charge in [0.25, 0.3) is 0 Å². The molecule has 0 bridgehead atoms. The monoisotopic (exact) mass is 483 g/mol. The Bertz CT molecular complexity index is 1200. The minimum absolute atomic E-state index is 0.0113. The van der Waals surface area contributed by atoms with E-state index in [1.54, 1.807) is 25.6 Å². The molecule has 3 aromatic rings. The third-order valence-electron chi connectivity index (χ3n) is 6.81. The molecule has 1 saturated heterocycles. The lowest BCUT2D eigenvalue weighted by Crippen LogP contribution is -2.44. The molecular formula is C23H26ClN7OS. The van der Waals surface area contributed by atoms with E-state index < -0.39 is 0 Å². The predicted molar refractivity (Wildman–Crippen MR) is 132 cm³/mol. The summed E-state index contributed by atoms with van der Waals surface area (Å²) in [4.78, 5) is 16.1. The number of fused-ring (bicyclic) bond motifs is 1. The molecule has 0 radical (unpaired) electrons. The highest BCUT2D eigenvalue weighted by Gasteiger charge is 2.46. The molecule has 5 rings (SSSR count). The highest BCUT2D eigenvalue weighted by molar-refractivity contribution is 7.99. The molecule has 2 aliphatic rings. The average Bonchev–Trinajstić information content (AvgIpc) is 3.09. The number of nitrogens with zero attached hydrogens (tertiary/aromatic N) is 4. The molecule has 1 aromatic carbocycles. The Balaban J connectivity index is 1.29. The number of aromatic nitrogens is 3. The van der Waals surface area contributed by atoms with E-state index in [-0.39, 0.29) is 17.3 Å². The molecule has 6 N–H and O–H groups in total. The van der Waals surface area contributed by atoms with Crippen LogP contribution in [0.15, 0.2) is 46.6 Å². The van der Waals surface area contributed by atoms with Crippen LogP contribution in [0.4, 0.5) is 17.5 Å². The summed E-state index contributed by atoms with van der Waals surface area (Å²) in [7, 11) is 1.69. The van der Waals surface area contributed by atoms with Crippen molar-refractivity contribution in [2.75, 3.05) is 36.6 Å². The Kier molecular flexibility index (Phi) is 5.72.